The van der Waals surface area contributed by atoms with E-state index in [0.29, 0.717) is 6.04 Å². The Bertz CT molecular complexity index is 420. The van der Waals surface area contributed by atoms with Gasteiger partial charge in [-0.25, -0.2) is 0 Å². The van der Waals surface area contributed by atoms with Gasteiger partial charge in [-0.2, -0.15) is 0 Å². The van der Waals surface area contributed by atoms with Crippen molar-refractivity contribution in [3.05, 3.63) is 29.3 Å². The third-order valence-electron chi connectivity index (χ3n) is 3.97. The molecule has 3 heteroatoms. The Morgan fingerprint density at radius 2 is 2.10 bits per heavy atom. The smallest absolute Gasteiger partial charge is 0.0478 e. The van der Waals surface area contributed by atoms with E-state index in [9.17, 15) is 0 Å². The molecule has 0 saturated carbocycles. The first kappa shape index (κ1) is 16.3. The Labute approximate surface area is 129 Å². The number of unbranched alkanes of at least 4 members (excludes halogenated alkanes) is 1. The lowest BCUT2D eigenvalue weighted by Gasteiger charge is -2.07. The number of hydrogen-bond donors (Lipinski definition) is 2. The lowest BCUT2D eigenvalue weighted by molar-refractivity contribution is 0.129. The van der Waals surface area contributed by atoms with Crippen LogP contribution in [0.15, 0.2) is 18.2 Å². The number of fused-ring (bicyclic) bond motifs is 1. The minimum Gasteiger partial charge on any atom is -0.382 e. The van der Waals surface area contributed by atoms with Gasteiger partial charge in [0.15, 0.2) is 0 Å². The fourth-order valence-electron chi connectivity index (χ4n) is 2.76. The fourth-order valence-corrected chi connectivity index (χ4v) is 2.76. The Morgan fingerprint density at radius 1 is 1.24 bits per heavy atom. The zero-order chi connectivity index (χ0) is 14.9. The molecule has 1 aliphatic rings. The molecule has 1 unspecified atom stereocenters. The second kappa shape index (κ2) is 9.06. The highest BCUT2D eigenvalue weighted by Crippen LogP contribution is 2.26. The van der Waals surface area contributed by atoms with Gasteiger partial charge in [-0.15, -0.1) is 0 Å². The Balaban J connectivity index is 1.54. The summed E-state index contributed by atoms with van der Waals surface area (Å²) in [6, 6.07) is 7.43. The number of ether oxygens (including phenoxy) is 1. The van der Waals surface area contributed by atoms with Crippen LogP contribution in [-0.4, -0.2) is 32.3 Å². The topological polar surface area (TPSA) is 33.3 Å². The van der Waals surface area contributed by atoms with E-state index in [1.807, 2.05) is 0 Å². The van der Waals surface area contributed by atoms with Crippen LogP contribution in [0.1, 0.15) is 44.2 Å². The number of rotatable bonds is 10. The van der Waals surface area contributed by atoms with Gasteiger partial charge < -0.3 is 15.4 Å². The summed E-state index contributed by atoms with van der Waals surface area (Å²) in [5.41, 5.74) is 4.24. The lowest BCUT2D eigenvalue weighted by Crippen LogP contribution is -2.19. The third-order valence-corrected chi connectivity index (χ3v) is 3.97. The molecule has 3 nitrogen and oxygen atoms in total. The van der Waals surface area contributed by atoms with Crippen LogP contribution in [0.3, 0.4) is 0 Å². The molecule has 0 amide bonds. The Morgan fingerprint density at radius 3 is 2.95 bits per heavy atom. The zero-order valence-electron chi connectivity index (χ0n) is 13.6. The normalized spacial score (nSPS) is 16.8. The second-order valence-electron chi connectivity index (χ2n) is 6.06. The average molecular weight is 290 g/mol. The monoisotopic (exact) mass is 290 g/mol. The van der Waals surface area contributed by atoms with E-state index in [0.717, 1.165) is 45.6 Å². The molecule has 1 aromatic rings. The molecule has 0 saturated heterocycles. The summed E-state index contributed by atoms with van der Waals surface area (Å²) in [4.78, 5) is 0. The van der Waals surface area contributed by atoms with Gasteiger partial charge in [0.25, 0.3) is 0 Å². The van der Waals surface area contributed by atoms with Crippen molar-refractivity contribution in [3.63, 3.8) is 0 Å². The van der Waals surface area contributed by atoms with Crippen molar-refractivity contribution in [3.8, 4) is 0 Å². The minimum absolute atomic E-state index is 0.584. The quantitative estimate of drug-likeness (QED) is 0.648. The summed E-state index contributed by atoms with van der Waals surface area (Å²) in [6.45, 7) is 8.34. The van der Waals surface area contributed by atoms with Crippen molar-refractivity contribution >= 4 is 5.69 Å². The van der Waals surface area contributed by atoms with Gasteiger partial charge in [0, 0.05) is 24.9 Å². The van der Waals surface area contributed by atoms with Gasteiger partial charge in [0.1, 0.15) is 0 Å². The van der Waals surface area contributed by atoms with Crippen molar-refractivity contribution in [2.75, 3.05) is 31.6 Å². The van der Waals surface area contributed by atoms with E-state index in [2.05, 4.69) is 42.7 Å². The molecule has 2 N–H and O–H groups in total. The summed E-state index contributed by atoms with van der Waals surface area (Å²) >= 11 is 0. The van der Waals surface area contributed by atoms with Crippen molar-refractivity contribution < 1.29 is 4.74 Å². The Hall–Kier alpha value is -1.06. The maximum atomic E-state index is 5.55. The highest BCUT2D eigenvalue weighted by Gasteiger charge is 2.16. The van der Waals surface area contributed by atoms with E-state index in [1.165, 1.54) is 29.7 Å². The van der Waals surface area contributed by atoms with Crippen LogP contribution < -0.4 is 10.6 Å². The third kappa shape index (κ3) is 5.68. The predicted molar refractivity (Wildman–Crippen MR) is 90.1 cm³/mol. The molecule has 0 aromatic heterocycles. The van der Waals surface area contributed by atoms with Crippen LogP contribution in [-0.2, 0) is 17.6 Å². The van der Waals surface area contributed by atoms with E-state index >= 15 is 0 Å². The molecule has 1 aromatic carbocycles. The van der Waals surface area contributed by atoms with Crippen molar-refractivity contribution in [1.82, 2.24) is 5.32 Å². The molecule has 118 valence electrons. The van der Waals surface area contributed by atoms with E-state index in [4.69, 9.17) is 4.74 Å². The van der Waals surface area contributed by atoms with E-state index in [1.54, 1.807) is 0 Å². The van der Waals surface area contributed by atoms with Gasteiger partial charge in [-0.05, 0) is 62.9 Å². The largest absolute Gasteiger partial charge is 0.382 e. The summed E-state index contributed by atoms with van der Waals surface area (Å²) < 4.78 is 5.55. The first-order valence-corrected chi connectivity index (χ1v) is 8.46. The molecular weight excluding hydrogens is 260 g/mol. The molecule has 0 spiro atoms. The standard InChI is InChI=1S/C18H30N2O/c1-3-4-11-21-12-5-9-19-10-8-16-6-7-18-17(14-16)13-15(2)20-18/h6-7,14-15,19-20H,3-5,8-13H2,1-2H3. The van der Waals surface area contributed by atoms with Crippen LogP contribution in [0.4, 0.5) is 5.69 Å². The van der Waals surface area contributed by atoms with Crippen molar-refractivity contribution in [2.45, 2.75) is 52.0 Å². The number of anilines is 1. The van der Waals surface area contributed by atoms with Gasteiger partial charge in [-0.3, -0.25) is 0 Å². The average Bonchev–Trinajstić information content (AvgIpc) is 2.85. The molecule has 1 aliphatic heterocycles. The summed E-state index contributed by atoms with van der Waals surface area (Å²) in [6.07, 6.45) is 5.77. The van der Waals surface area contributed by atoms with Crippen LogP contribution in [0.5, 0.6) is 0 Å². The fraction of sp³-hybridized carbons (Fsp3) is 0.667. The summed E-state index contributed by atoms with van der Waals surface area (Å²) in [7, 11) is 0. The van der Waals surface area contributed by atoms with Crippen LogP contribution in [0.25, 0.3) is 0 Å². The first-order valence-electron chi connectivity index (χ1n) is 8.46. The van der Waals surface area contributed by atoms with E-state index < -0.39 is 0 Å². The first-order chi connectivity index (χ1) is 10.3. The molecule has 21 heavy (non-hydrogen) atoms. The summed E-state index contributed by atoms with van der Waals surface area (Å²) in [5.74, 6) is 0. The predicted octanol–water partition coefficient (Wildman–Crippen LogP) is 3.38. The van der Waals surface area contributed by atoms with Gasteiger partial charge >= 0.3 is 0 Å². The van der Waals surface area contributed by atoms with Crippen LogP contribution in [0, 0.1) is 0 Å². The van der Waals surface area contributed by atoms with Crippen molar-refractivity contribution in [1.29, 1.82) is 0 Å². The molecule has 1 atom stereocenters. The number of benzene rings is 1. The van der Waals surface area contributed by atoms with E-state index in [-0.39, 0.29) is 0 Å². The lowest BCUT2D eigenvalue weighted by atomic mass is 10.0. The number of nitrogens with one attached hydrogen (secondary N) is 2. The summed E-state index contributed by atoms with van der Waals surface area (Å²) in [5, 5.41) is 7.01. The molecule has 0 fully saturated rings. The maximum absolute atomic E-state index is 5.55. The highest BCUT2D eigenvalue weighted by molar-refractivity contribution is 5.57. The van der Waals surface area contributed by atoms with Crippen LogP contribution in [0.2, 0.25) is 0 Å². The highest BCUT2D eigenvalue weighted by atomic mass is 16.5. The maximum Gasteiger partial charge on any atom is 0.0478 e. The SMILES string of the molecule is CCCCOCCCNCCc1ccc2c(c1)CC(C)N2. The molecule has 0 bridgehead atoms. The van der Waals surface area contributed by atoms with Gasteiger partial charge in [0.05, 0.1) is 0 Å². The molecule has 1 heterocycles. The molecule has 0 aliphatic carbocycles. The number of hydrogen-bond acceptors (Lipinski definition) is 3. The van der Waals surface area contributed by atoms with Crippen molar-refractivity contribution in [2.24, 2.45) is 0 Å². The molecule has 0 radical (unpaired) electrons. The molecular formula is C18H30N2O. The molecule has 2 rings (SSSR count). The van der Waals surface area contributed by atoms with Crippen LogP contribution >= 0.6 is 0 Å². The second-order valence-corrected chi connectivity index (χ2v) is 6.06. The minimum atomic E-state index is 0.584. The Kier molecular flexibility index (Phi) is 7.04. The van der Waals surface area contributed by atoms with Gasteiger partial charge in [-0.1, -0.05) is 25.5 Å². The zero-order valence-corrected chi connectivity index (χ0v) is 13.6. The van der Waals surface area contributed by atoms with Gasteiger partial charge in [0.2, 0.25) is 0 Å².